The summed E-state index contributed by atoms with van der Waals surface area (Å²) < 4.78 is 2.14. The molecule has 1 aromatic carbocycles. The van der Waals surface area contributed by atoms with E-state index in [1.807, 2.05) is 18.2 Å². The minimum atomic E-state index is 0.580. The van der Waals surface area contributed by atoms with Gasteiger partial charge >= 0.3 is 0 Å². The van der Waals surface area contributed by atoms with Gasteiger partial charge in [-0.05, 0) is 38.1 Å². The van der Waals surface area contributed by atoms with Gasteiger partial charge in [0.2, 0.25) is 5.65 Å². The maximum absolute atomic E-state index is 4.81. The highest BCUT2D eigenvalue weighted by Crippen LogP contribution is 2.23. The van der Waals surface area contributed by atoms with Crippen LogP contribution in [-0.4, -0.2) is 50.2 Å². The lowest BCUT2D eigenvalue weighted by molar-refractivity contribution is 0.277. The lowest BCUT2D eigenvalue weighted by Crippen LogP contribution is -2.34. The number of rotatable bonds is 5. The Bertz CT molecular complexity index is 855. The molecule has 126 valence electrons. The molecule has 1 saturated heterocycles. The van der Waals surface area contributed by atoms with E-state index in [2.05, 4.69) is 44.7 Å². The number of hydrogen-bond donors (Lipinski definition) is 1. The van der Waals surface area contributed by atoms with Gasteiger partial charge in [0.15, 0.2) is 5.82 Å². The van der Waals surface area contributed by atoms with Crippen LogP contribution < -0.4 is 5.32 Å². The molecule has 0 amide bonds. The first-order valence-electron chi connectivity index (χ1n) is 8.92. The lowest BCUT2D eigenvalue weighted by Gasteiger charge is -2.23. The van der Waals surface area contributed by atoms with Crippen LogP contribution in [0.15, 0.2) is 24.3 Å². The molecule has 1 atom stereocenters. The molecule has 1 fully saturated rings. The van der Waals surface area contributed by atoms with Crippen LogP contribution >= 0.6 is 0 Å². The molecule has 3 heterocycles. The van der Waals surface area contributed by atoms with Crippen LogP contribution in [0, 0.1) is 0 Å². The predicted octanol–water partition coefficient (Wildman–Crippen LogP) is 2.74. The Labute approximate surface area is 141 Å². The number of likely N-dealkylation sites (tertiary alicyclic amines) is 1. The summed E-state index contributed by atoms with van der Waals surface area (Å²) in [5, 5.41) is 12.3. The molecule has 0 saturated carbocycles. The number of para-hydroxylation sites is 2. The molecule has 6 heteroatoms. The van der Waals surface area contributed by atoms with Crippen molar-refractivity contribution >= 4 is 22.5 Å². The van der Waals surface area contributed by atoms with E-state index in [1.165, 1.54) is 19.4 Å². The standard InChI is InChI=1S/C18H24N6/c1-3-16-21-22-18-17(19-12-13-8-7-11-23(13)4-2)20-14-9-5-6-10-15(14)24(16)18/h5-6,9-10,13H,3-4,7-8,11-12H2,1-2H3,(H,19,20)/t13-/m0/s1. The minimum Gasteiger partial charge on any atom is -0.365 e. The van der Waals surface area contributed by atoms with Gasteiger partial charge in [-0.3, -0.25) is 9.30 Å². The zero-order valence-corrected chi connectivity index (χ0v) is 14.4. The van der Waals surface area contributed by atoms with Crippen LogP contribution in [0.1, 0.15) is 32.5 Å². The van der Waals surface area contributed by atoms with Gasteiger partial charge in [0, 0.05) is 19.0 Å². The van der Waals surface area contributed by atoms with Gasteiger partial charge in [0.25, 0.3) is 0 Å². The Morgan fingerprint density at radius 1 is 1.21 bits per heavy atom. The summed E-state index contributed by atoms with van der Waals surface area (Å²) in [7, 11) is 0. The summed E-state index contributed by atoms with van der Waals surface area (Å²) in [4.78, 5) is 7.34. The zero-order valence-electron chi connectivity index (χ0n) is 14.4. The number of anilines is 1. The second kappa shape index (κ2) is 6.36. The van der Waals surface area contributed by atoms with Crippen molar-refractivity contribution in [2.24, 2.45) is 0 Å². The maximum Gasteiger partial charge on any atom is 0.204 e. The molecule has 0 radical (unpaired) electrons. The summed E-state index contributed by atoms with van der Waals surface area (Å²) in [5.41, 5.74) is 2.86. The zero-order chi connectivity index (χ0) is 16.5. The summed E-state index contributed by atoms with van der Waals surface area (Å²) >= 11 is 0. The van der Waals surface area contributed by atoms with Crippen molar-refractivity contribution in [2.75, 3.05) is 25.0 Å². The fourth-order valence-electron chi connectivity index (χ4n) is 3.75. The monoisotopic (exact) mass is 324 g/mol. The SMILES string of the molecule is CCc1nnc2c(NC[C@@H]3CCCN3CC)nc3ccccc3n12. The van der Waals surface area contributed by atoms with Gasteiger partial charge in [-0.2, -0.15) is 0 Å². The Hall–Kier alpha value is -2.21. The van der Waals surface area contributed by atoms with Crippen molar-refractivity contribution in [1.29, 1.82) is 0 Å². The average Bonchev–Trinajstić information content (AvgIpc) is 3.26. The first-order valence-corrected chi connectivity index (χ1v) is 8.92. The highest BCUT2D eigenvalue weighted by molar-refractivity contribution is 5.82. The van der Waals surface area contributed by atoms with Crippen molar-refractivity contribution in [3.8, 4) is 0 Å². The van der Waals surface area contributed by atoms with E-state index in [0.717, 1.165) is 47.8 Å². The van der Waals surface area contributed by atoms with Crippen LogP contribution in [0.3, 0.4) is 0 Å². The predicted molar refractivity (Wildman–Crippen MR) is 96.4 cm³/mol. The fourth-order valence-corrected chi connectivity index (χ4v) is 3.75. The van der Waals surface area contributed by atoms with E-state index in [0.29, 0.717) is 6.04 Å². The largest absolute Gasteiger partial charge is 0.365 e. The molecule has 0 spiro atoms. The van der Waals surface area contributed by atoms with Crippen molar-refractivity contribution in [3.05, 3.63) is 30.1 Å². The third-order valence-electron chi connectivity index (χ3n) is 5.02. The Morgan fingerprint density at radius 3 is 2.92 bits per heavy atom. The molecule has 4 rings (SSSR count). The maximum atomic E-state index is 4.81. The van der Waals surface area contributed by atoms with Crippen LogP contribution in [0.25, 0.3) is 16.7 Å². The van der Waals surface area contributed by atoms with Crippen LogP contribution in [0.2, 0.25) is 0 Å². The van der Waals surface area contributed by atoms with E-state index >= 15 is 0 Å². The van der Waals surface area contributed by atoms with Gasteiger partial charge in [-0.25, -0.2) is 4.98 Å². The van der Waals surface area contributed by atoms with E-state index in [1.54, 1.807) is 0 Å². The number of fused-ring (bicyclic) bond motifs is 3. The Kier molecular flexibility index (Phi) is 4.06. The molecule has 2 aromatic heterocycles. The third kappa shape index (κ3) is 2.51. The number of nitrogens with zero attached hydrogens (tertiary/aromatic N) is 5. The van der Waals surface area contributed by atoms with Crippen molar-refractivity contribution in [1.82, 2.24) is 24.5 Å². The number of aryl methyl sites for hydroxylation is 1. The molecular weight excluding hydrogens is 300 g/mol. The molecular formula is C18H24N6. The molecule has 0 bridgehead atoms. The molecule has 6 nitrogen and oxygen atoms in total. The van der Waals surface area contributed by atoms with Gasteiger partial charge in [-0.1, -0.05) is 26.0 Å². The number of aromatic nitrogens is 4. The van der Waals surface area contributed by atoms with Gasteiger partial charge < -0.3 is 5.32 Å². The van der Waals surface area contributed by atoms with Gasteiger partial charge in [-0.15, -0.1) is 10.2 Å². The number of hydrogen-bond acceptors (Lipinski definition) is 5. The smallest absolute Gasteiger partial charge is 0.204 e. The van der Waals surface area contributed by atoms with E-state index in [-0.39, 0.29) is 0 Å². The molecule has 1 N–H and O–H groups in total. The summed E-state index contributed by atoms with van der Waals surface area (Å²) in [5.74, 6) is 1.81. The second-order valence-corrected chi connectivity index (χ2v) is 6.38. The first kappa shape index (κ1) is 15.3. The highest BCUT2D eigenvalue weighted by atomic mass is 15.3. The fraction of sp³-hybridized carbons (Fsp3) is 0.500. The van der Waals surface area contributed by atoms with Crippen molar-refractivity contribution in [3.63, 3.8) is 0 Å². The Morgan fingerprint density at radius 2 is 2.08 bits per heavy atom. The van der Waals surface area contributed by atoms with Gasteiger partial charge in [0.05, 0.1) is 11.0 Å². The first-order chi connectivity index (χ1) is 11.8. The highest BCUT2D eigenvalue weighted by Gasteiger charge is 2.23. The molecule has 0 aliphatic carbocycles. The summed E-state index contributed by atoms with van der Waals surface area (Å²) in [6.07, 6.45) is 3.38. The van der Waals surface area contributed by atoms with E-state index < -0.39 is 0 Å². The summed E-state index contributed by atoms with van der Waals surface area (Å²) in [6.45, 7) is 7.56. The van der Waals surface area contributed by atoms with Gasteiger partial charge in [0.1, 0.15) is 5.82 Å². The number of likely N-dealkylation sites (N-methyl/N-ethyl adjacent to an activating group) is 1. The quantitative estimate of drug-likeness (QED) is 0.782. The van der Waals surface area contributed by atoms with Crippen LogP contribution in [0.5, 0.6) is 0 Å². The molecule has 1 aliphatic heterocycles. The average molecular weight is 324 g/mol. The minimum absolute atomic E-state index is 0.580. The second-order valence-electron chi connectivity index (χ2n) is 6.38. The number of nitrogens with one attached hydrogen (secondary N) is 1. The van der Waals surface area contributed by atoms with E-state index in [4.69, 9.17) is 4.98 Å². The molecule has 1 aliphatic rings. The van der Waals surface area contributed by atoms with E-state index in [9.17, 15) is 0 Å². The molecule has 0 unspecified atom stereocenters. The van der Waals surface area contributed by atoms with Crippen LogP contribution in [0.4, 0.5) is 5.82 Å². The normalized spacial score (nSPS) is 18.7. The topological polar surface area (TPSA) is 58.4 Å². The molecule has 3 aromatic rings. The Balaban J connectivity index is 1.73. The van der Waals surface area contributed by atoms with Crippen LogP contribution in [-0.2, 0) is 6.42 Å². The number of benzene rings is 1. The third-order valence-corrected chi connectivity index (χ3v) is 5.02. The lowest BCUT2D eigenvalue weighted by atomic mass is 10.2. The van der Waals surface area contributed by atoms with Crippen molar-refractivity contribution < 1.29 is 0 Å². The van der Waals surface area contributed by atoms with Crippen molar-refractivity contribution in [2.45, 2.75) is 39.2 Å². The summed E-state index contributed by atoms with van der Waals surface area (Å²) in [6, 6.07) is 8.77. The molecule has 24 heavy (non-hydrogen) atoms.